The van der Waals surface area contributed by atoms with E-state index in [4.69, 9.17) is 0 Å². The summed E-state index contributed by atoms with van der Waals surface area (Å²) in [5.74, 6) is 4.23. The molecule has 4 unspecified atom stereocenters. The smallest absolute Gasteiger partial charge is 0.0199 e. The normalized spacial score (nSPS) is 45.9. The second-order valence-electron chi connectivity index (χ2n) is 4.18. The van der Waals surface area contributed by atoms with E-state index >= 15 is 0 Å². The molecule has 0 heterocycles. The first-order valence-corrected chi connectivity index (χ1v) is 5.01. The Morgan fingerprint density at radius 1 is 1.55 bits per heavy atom. The van der Waals surface area contributed by atoms with E-state index < -0.39 is 0 Å². The van der Waals surface area contributed by atoms with Crippen molar-refractivity contribution in [1.29, 1.82) is 0 Å². The third-order valence-corrected chi connectivity index (χ3v) is 3.63. The minimum atomic E-state index is 0.904. The summed E-state index contributed by atoms with van der Waals surface area (Å²) in [6.07, 6.45) is 7.95. The Hall–Kier alpha value is -0.260. The molecule has 0 heteroatoms. The van der Waals surface area contributed by atoms with E-state index in [2.05, 4.69) is 19.6 Å². The van der Waals surface area contributed by atoms with E-state index in [1.165, 1.54) is 25.7 Å². The molecule has 11 heavy (non-hydrogen) atoms. The molecule has 2 rings (SSSR count). The molecule has 0 bridgehead atoms. The molecule has 0 nitrogen and oxygen atoms in total. The molecule has 0 aromatic heterocycles. The van der Waals surface area contributed by atoms with Gasteiger partial charge in [-0.15, -0.1) is 6.58 Å². The van der Waals surface area contributed by atoms with Gasteiger partial charge in [0.05, 0.1) is 0 Å². The van der Waals surface area contributed by atoms with Gasteiger partial charge >= 0.3 is 0 Å². The molecule has 0 N–H and O–H groups in total. The summed E-state index contributed by atoms with van der Waals surface area (Å²) in [6, 6.07) is 0. The van der Waals surface area contributed by atoms with Crippen molar-refractivity contribution in [2.45, 2.75) is 32.6 Å². The van der Waals surface area contributed by atoms with Gasteiger partial charge in [0.25, 0.3) is 0 Å². The van der Waals surface area contributed by atoms with Crippen molar-refractivity contribution in [3.8, 4) is 0 Å². The Kier molecular flexibility index (Phi) is 1.78. The zero-order valence-corrected chi connectivity index (χ0v) is 7.42. The van der Waals surface area contributed by atoms with Gasteiger partial charge in [-0.25, -0.2) is 0 Å². The topological polar surface area (TPSA) is 0 Å². The lowest BCUT2D eigenvalue weighted by Gasteiger charge is -2.19. The van der Waals surface area contributed by atoms with E-state index in [9.17, 15) is 0 Å². The summed E-state index contributed by atoms with van der Waals surface area (Å²) in [7, 11) is 0. The number of hydrogen-bond acceptors (Lipinski definition) is 0. The summed E-state index contributed by atoms with van der Waals surface area (Å²) in [6.45, 7) is 6.16. The Bertz CT molecular complexity index is 159. The zero-order chi connectivity index (χ0) is 7.84. The molecular formula is C11H18. The maximum Gasteiger partial charge on any atom is -0.0199 e. The van der Waals surface area contributed by atoms with Gasteiger partial charge in [0.2, 0.25) is 0 Å². The molecule has 2 saturated carbocycles. The minimum absolute atomic E-state index is 0.904. The fourth-order valence-corrected chi connectivity index (χ4v) is 2.82. The summed E-state index contributed by atoms with van der Waals surface area (Å²) in [5, 5.41) is 0. The lowest BCUT2D eigenvalue weighted by molar-refractivity contribution is 0.357. The Balaban J connectivity index is 1.73. The van der Waals surface area contributed by atoms with Crippen LogP contribution in [0.25, 0.3) is 0 Å². The van der Waals surface area contributed by atoms with Gasteiger partial charge in [0.15, 0.2) is 0 Å². The second kappa shape index (κ2) is 2.66. The van der Waals surface area contributed by atoms with Crippen LogP contribution in [0.5, 0.6) is 0 Å². The second-order valence-corrected chi connectivity index (χ2v) is 4.18. The van der Waals surface area contributed by atoms with Crippen LogP contribution in [0.4, 0.5) is 0 Å². The third-order valence-electron chi connectivity index (χ3n) is 3.63. The molecule has 0 radical (unpaired) electrons. The van der Waals surface area contributed by atoms with Crippen LogP contribution in [0.15, 0.2) is 12.7 Å². The highest BCUT2D eigenvalue weighted by Gasteiger charge is 2.60. The average Bonchev–Trinajstić information content (AvgIpc) is 2.52. The van der Waals surface area contributed by atoms with Gasteiger partial charge in [-0.3, -0.25) is 0 Å². The number of rotatable bonds is 4. The number of hydrogen-bond donors (Lipinski definition) is 0. The lowest BCUT2D eigenvalue weighted by atomic mass is 9.86. The molecule has 4 atom stereocenters. The van der Waals surface area contributed by atoms with E-state index in [1.54, 1.807) is 0 Å². The van der Waals surface area contributed by atoms with Crippen molar-refractivity contribution in [3.05, 3.63) is 12.7 Å². The monoisotopic (exact) mass is 150 g/mol. The van der Waals surface area contributed by atoms with Crippen LogP contribution in [-0.2, 0) is 0 Å². The SMILES string of the molecule is C=CC1CC2C(CCCC)C12. The van der Waals surface area contributed by atoms with Gasteiger partial charge < -0.3 is 0 Å². The summed E-state index contributed by atoms with van der Waals surface area (Å²) in [4.78, 5) is 0. The number of fused-ring (bicyclic) bond motifs is 1. The van der Waals surface area contributed by atoms with Crippen molar-refractivity contribution >= 4 is 0 Å². The predicted molar refractivity (Wildman–Crippen MR) is 48.3 cm³/mol. The molecule has 0 spiro atoms. The molecule has 0 amide bonds. The van der Waals surface area contributed by atoms with Crippen LogP contribution in [0, 0.1) is 23.7 Å². The van der Waals surface area contributed by atoms with Crippen molar-refractivity contribution in [2.75, 3.05) is 0 Å². The third kappa shape index (κ3) is 1.04. The molecule has 0 aromatic carbocycles. The van der Waals surface area contributed by atoms with E-state index in [0.717, 1.165) is 23.7 Å². The molecule has 2 aliphatic rings. The molecule has 0 aliphatic heterocycles. The van der Waals surface area contributed by atoms with Crippen molar-refractivity contribution in [1.82, 2.24) is 0 Å². The first-order chi connectivity index (χ1) is 5.38. The van der Waals surface area contributed by atoms with Crippen LogP contribution in [0.3, 0.4) is 0 Å². The fraction of sp³-hybridized carbons (Fsp3) is 0.818. The minimum Gasteiger partial charge on any atom is -0.103 e. The highest BCUT2D eigenvalue weighted by molar-refractivity contribution is 5.14. The van der Waals surface area contributed by atoms with Crippen LogP contribution in [-0.4, -0.2) is 0 Å². The van der Waals surface area contributed by atoms with Gasteiger partial charge in [-0.1, -0.05) is 25.8 Å². The lowest BCUT2D eigenvalue weighted by Crippen LogP contribution is -2.11. The summed E-state index contributed by atoms with van der Waals surface area (Å²) >= 11 is 0. The number of allylic oxidation sites excluding steroid dienone is 1. The van der Waals surface area contributed by atoms with Gasteiger partial charge in [-0.2, -0.15) is 0 Å². The fourth-order valence-electron chi connectivity index (χ4n) is 2.82. The largest absolute Gasteiger partial charge is 0.103 e. The Morgan fingerprint density at radius 2 is 2.36 bits per heavy atom. The average molecular weight is 150 g/mol. The van der Waals surface area contributed by atoms with Crippen LogP contribution < -0.4 is 0 Å². The molecule has 0 saturated heterocycles. The molecule has 2 fully saturated rings. The molecule has 2 aliphatic carbocycles. The zero-order valence-electron chi connectivity index (χ0n) is 7.42. The summed E-state index contributed by atoms with van der Waals surface area (Å²) < 4.78 is 0. The van der Waals surface area contributed by atoms with Crippen molar-refractivity contribution < 1.29 is 0 Å². The number of unbranched alkanes of at least 4 members (excludes halogenated alkanes) is 1. The Morgan fingerprint density at radius 3 is 2.91 bits per heavy atom. The quantitative estimate of drug-likeness (QED) is 0.540. The van der Waals surface area contributed by atoms with Gasteiger partial charge in [-0.05, 0) is 36.5 Å². The molecule has 62 valence electrons. The van der Waals surface area contributed by atoms with E-state index in [-0.39, 0.29) is 0 Å². The van der Waals surface area contributed by atoms with Gasteiger partial charge in [0.1, 0.15) is 0 Å². The van der Waals surface area contributed by atoms with Gasteiger partial charge in [0, 0.05) is 0 Å². The standard InChI is InChI=1S/C11H18/c1-3-5-6-9-10-7-8(4-2)11(9)10/h4,8-11H,2-3,5-7H2,1H3. The highest BCUT2D eigenvalue weighted by atomic mass is 14.6. The van der Waals surface area contributed by atoms with E-state index in [0.29, 0.717) is 0 Å². The summed E-state index contributed by atoms with van der Waals surface area (Å²) in [5.41, 5.74) is 0. The van der Waals surface area contributed by atoms with Crippen LogP contribution >= 0.6 is 0 Å². The maximum atomic E-state index is 3.87. The molecular weight excluding hydrogens is 132 g/mol. The van der Waals surface area contributed by atoms with E-state index in [1.807, 2.05) is 0 Å². The van der Waals surface area contributed by atoms with Crippen molar-refractivity contribution in [3.63, 3.8) is 0 Å². The first kappa shape index (κ1) is 7.39. The van der Waals surface area contributed by atoms with Crippen LogP contribution in [0.1, 0.15) is 32.6 Å². The molecule has 0 aromatic rings. The van der Waals surface area contributed by atoms with Crippen LogP contribution in [0.2, 0.25) is 0 Å². The Labute approximate surface area is 69.7 Å². The van der Waals surface area contributed by atoms with Crippen molar-refractivity contribution in [2.24, 2.45) is 23.7 Å². The predicted octanol–water partition coefficient (Wildman–Crippen LogP) is 3.24. The first-order valence-electron chi connectivity index (χ1n) is 5.01. The highest BCUT2D eigenvalue weighted by Crippen LogP contribution is 2.66. The maximum absolute atomic E-state index is 3.87.